The Bertz CT molecular complexity index is 795. The fourth-order valence-electron chi connectivity index (χ4n) is 3.52. The van der Waals surface area contributed by atoms with Crippen molar-refractivity contribution in [3.63, 3.8) is 0 Å². The molecule has 28 heavy (non-hydrogen) atoms. The number of carbonyl (C=O) groups is 2. The molecule has 152 valence electrons. The maximum Gasteiger partial charge on any atom is 0.491 e. The number of carbonyl (C=O) groups excluding carboxylic acids is 2. The molecule has 1 saturated heterocycles. The Morgan fingerprint density at radius 2 is 2.07 bits per heavy atom. The van der Waals surface area contributed by atoms with Crippen molar-refractivity contribution >= 4 is 24.6 Å². The van der Waals surface area contributed by atoms with Crippen molar-refractivity contribution in [2.75, 3.05) is 0 Å². The van der Waals surface area contributed by atoms with E-state index in [0.29, 0.717) is 11.0 Å². The zero-order chi connectivity index (χ0) is 20.8. The molecule has 3 rings (SSSR count). The van der Waals surface area contributed by atoms with E-state index in [1.54, 1.807) is 34.6 Å². The van der Waals surface area contributed by atoms with Crippen LogP contribution in [0.4, 0.5) is 9.18 Å². The van der Waals surface area contributed by atoms with Gasteiger partial charge in [0.1, 0.15) is 23.6 Å². The van der Waals surface area contributed by atoms with Gasteiger partial charge >= 0.3 is 19.2 Å². The van der Waals surface area contributed by atoms with Crippen molar-refractivity contribution < 1.29 is 33.1 Å². The average molecular weight is 393 g/mol. The highest BCUT2D eigenvalue weighted by Gasteiger charge is 2.45. The SMILES string of the molecule is C[C@H]1OC(=O)C(Cc2c(F)ccc3c2COB3O)N(C(=O)OC(C)(C)C)[C@H]1C. The molecule has 9 heteroatoms. The zero-order valence-corrected chi connectivity index (χ0v) is 16.7. The lowest BCUT2D eigenvalue weighted by molar-refractivity contribution is -0.169. The summed E-state index contributed by atoms with van der Waals surface area (Å²) in [6.07, 6.45) is -1.27. The van der Waals surface area contributed by atoms with E-state index in [4.69, 9.17) is 14.1 Å². The predicted octanol–water partition coefficient (Wildman–Crippen LogP) is 1.53. The number of nitrogens with zero attached hydrogens (tertiary/aromatic N) is 1. The molecule has 1 fully saturated rings. The molecule has 2 aliphatic rings. The molecule has 3 atom stereocenters. The maximum absolute atomic E-state index is 14.6. The summed E-state index contributed by atoms with van der Waals surface area (Å²) < 4.78 is 30.6. The fourth-order valence-corrected chi connectivity index (χ4v) is 3.52. The van der Waals surface area contributed by atoms with Gasteiger partial charge in [0.2, 0.25) is 0 Å². The molecule has 0 aliphatic carbocycles. The Labute approximate surface area is 163 Å². The topological polar surface area (TPSA) is 85.3 Å². The highest BCUT2D eigenvalue weighted by atomic mass is 19.1. The molecular weight excluding hydrogens is 368 g/mol. The number of ether oxygens (including phenoxy) is 2. The number of cyclic esters (lactones) is 1. The molecule has 0 aromatic heterocycles. The monoisotopic (exact) mass is 393 g/mol. The predicted molar refractivity (Wildman–Crippen MR) is 99.4 cm³/mol. The van der Waals surface area contributed by atoms with Crippen LogP contribution in [0.1, 0.15) is 45.7 Å². The molecule has 2 heterocycles. The Morgan fingerprint density at radius 3 is 2.71 bits per heavy atom. The molecule has 1 amide bonds. The fraction of sp³-hybridized carbons (Fsp3) is 0.579. The van der Waals surface area contributed by atoms with Gasteiger partial charge in [-0.3, -0.25) is 4.90 Å². The smallest absolute Gasteiger partial charge is 0.459 e. The molecular formula is C19H25BFNO6. The van der Waals surface area contributed by atoms with Crippen molar-refractivity contribution in [2.45, 2.75) is 71.4 Å². The highest BCUT2D eigenvalue weighted by molar-refractivity contribution is 6.61. The lowest BCUT2D eigenvalue weighted by Crippen LogP contribution is -2.61. The maximum atomic E-state index is 14.6. The summed E-state index contributed by atoms with van der Waals surface area (Å²) >= 11 is 0. The third kappa shape index (κ3) is 3.86. The summed E-state index contributed by atoms with van der Waals surface area (Å²) in [4.78, 5) is 26.8. The van der Waals surface area contributed by atoms with E-state index < -0.39 is 48.8 Å². The van der Waals surface area contributed by atoms with Crippen molar-refractivity contribution in [3.05, 3.63) is 29.1 Å². The quantitative estimate of drug-likeness (QED) is 0.606. The Hall–Kier alpha value is -2.13. The summed E-state index contributed by atoms with van der Waals surface area (Å²) in [5.74, 6) is -1.15. The van der Waals surface area contributed by atoms with Crippen LogP contribution in [-0.4, -0.2) is 52.9 Å². The minimum Gasteiger partial charge on any atom is -0.459 e. The van der Waals surface area contributed by atoms with Crippen molar-refractivity contribution in [1.29, 1.82) is 0 Å². The number of hydrogen-bond acceptors (Lipinski definition) is 6. The Kier molecular flexibility index (Phi) is 5.42. The summed E-state index contributed by atoms with van der Waals surface area (Å²) in [5.41, 5.74) is 0.441. The van der Waals surface area contributed by atoms with Gasteiger partial charge in [0.25, 0.3) is 0 Å². The van der Waals surface area contributed by atoms with E-state index in [1.807, 2.05) is 0 Å². The van der Waals surface area contributed by atoms with Crippen molar-refractivity contribution in [2.24, 2.45) is 0 Å². The molecule has 0 radical (unpaired) electrons. The molecule has 1 aromatic rings. The van der Waals surface area contributed by atoms with Gasteiger partial charge in [-0.15, -0.1) is 0 Å². The normalized spacial score (nSPS) is 24.8. The number of morpholine rings is 1. The van der Waals surface area contributed by atoms with Gasteiger partial charge in [-0.05, 0) is 57.3 Å². The van der Waals surface area contributed by atoms with Crippen LogP contribution >= 0.6 is 0 Å². The van der Waals surface area contributed by atoms with Gasteiger partial charge < -0.3 is 19.2 Å². The summed E-state index contributed by atoms with van der Waals surface area (Å²) in [7, 11) is -1.13. The molecule has 1 unspecified atom stereocenters. The second-order valence-corrected chi connectivity index (χ2v) is 8.25. The molecule has 0 saturated carbocycles. The summed E-state index contributed by atoms with van der Waals surface area (Å²) in [5, 5.41) is 9.88. The first-order valence-corrected chi connectivity index (χ1v) is 9.31. The summed E-state index contributed by atoms with van der Waals surface area (Å²) in [6, 6.07) is 1.20. The molecule has 0 spiro atoms. The second kappa shape index (κ2) is 7.37. The van der Waals surface area contributed by atoms with E-state index in [2.05, 4.69) is 0 Å². The minimum absolute atomic E-state index is 0.0315. The van der Waals surface area contributed by atoms with Crippen LogP contribution in [0.2, 0.25) is 0 Å². The number of esters is 1. The lowest BCUT2D eigenvalue weighted by atomic mass is 9.77. The van der Waals surface area contributed by atoms with Gasteiger partial charge in [-0.25, -0.2) is 14.0 Å². The van der Waals surface area contributed by atoms with Crippen LogP contribution in [0.25, 0.3) is 0 Å². The number of benzene rings is 1. The summed E-state index contributed by atoms with van der Waals surface area (Å²) in [6.45, 7) is 8.69. The number of rotatable bonds is 2. The van der Waals surface area contributed by atoms with E-state index >= 15 is 0 Å². The molecule has 7 nitrogen and oxygen atoms in total. The first-order valence-electron chi connectivity index (χ1n) is 9.31. The highest BCUT2D eigenvalue weighted by Crippen LogP contribution is 2.28. The lowest BCUT2D eigenvalue weighted by Gasteiger charge is -2.42. The Balaban J connectivity index is 1.96. The molecule has 1 aromatic carbocycles. The second-order valence-electron chi connectivity index (χ2n) is 8.25. The number of amides is 1. The van der Waals surface area contributed by atoms with Crippen LogP contribution in [0.15, 0.2) is 12.1 Å². The van der Waals surface area contributed by atoms with Gasteiger partial charge in [0.05, 0.1) is 12.6 Å². The third-order valence-corrected chi connectivity index (χ3v) is 5.09. The Morgan fingerprint density at radius 1 is 1.39 bits per heavy atom. The van der Waals surface area contributed by atoms with E-state index in [-0.39, 0.29) is 18.6 Å². The molecule has 1 N–H and O–H groups in total. The zero-order valence-electron chi connectivity index (χ0n) is 16.7. The van der Waals surface area contributed by atoms with Gasteiger partial charge in [-0.2, -0.15) is 0 Å². The minimum atomic E-state index is -1.13. The number of fused-ring (bicyclic) bond motifs is 1. The van der Waals surface area contributed by atoms with Gasteiger partial charge in [0, 0.05) is 6.42 Å². The van der Waals surface area contributed by atoms with Crippen molar-refractivity contribution in [1.82, 2.24) is 4.90 Å². The van der Waals surface area contributed by atoms with E-state index in [1.165, 1.54) is 17.0 Å². The van der Waals surface area contributed by atoms with Crippen LogP contribution in [0.5, 0.6) is 0 Å². The van der Waals surface area contributed by atoms with E-state index in [9.17, 15) is 19.0 Å². The first-order chi connectivity index (χ1) is 13.0. The number of hydrogen-bond donors (Lipinski definition) is 1. The third-order valence-electron chi connectivity index (χ3n) is 5.09. The molecule has 2 aliphatic heterocycles. The van der Waals surface area contributed by atoms with Gasteiger partial charge in [-0.1, -0.05) is 6.07 Å². The number of halogens is 1. The molecule has 0 bridgehead atoms. The van der Waals surface area contributed by atoms with Crippen LogP contribution < -0.4 is 5.46 Å². The standard InChI is InChI=1S/C19H25BFNO6/c1-10-11(2)27-17(23)16(22(10)18(24)28-19(3,4)5)8-12-13-9-26-20(25)14(13)6-7-15(12)21/h6-7,10-11,16,25H,8-9H2,1-5H3/t10-,11+,16?/m0/s1. The first kappa shape index (κ1) is 20.6. The van der Waals surface area contributed by atoms with Crippen LogP contribution in [-0.2, 0) is 32.0 Å². The average Bonchev–Trinajstić information content (AvgIpc) is 2.94. The largest absolute Gasteiger partial charge is 0.491 e. The van der Waals surface area contributed by atoms with E-state index in [0.717, 1.165) is 0 Å². The van der Waals surface area contributed by atoms with Crippen LogP contribution in [0.3, 0.4) is 0 Å². The van der Waals surface area contributed by atoms with Crippen LogP contribution in [0, 0.1) is 5.82 Å². The van der Waals surface area contributed by atoms with Gasteiger partial charge in [0.15, 0.2) is 0 Å². The van der Waals surface area contributed by atoms with Crippen molar-refractivity contribution in [3.8, 4) is 0 Å².